The van der Waals surface area contributed by atoms with Crippen molar-refractivity contribution in [2.45, 2.75) is 12.1 Å². The van der Waals surface area contributed by atoms with Gasteiger partial charge in [0.15, 0.2) is 0 Å². The standard InChI is InChI=1S/C13H16BrN3O/c1-17-12(10(14)8-16-17)11(15)13(18-2)9-6-4-3-5-7-9/h3-8,11,13H,15H2,1-2H3. The Bertz CT molecular complexity index is 493. The second-order valence-electron chi connectivity index (χ2n) is 4.09. The van der Waals surface area contributed by atoms with E-state index in [1.165, 1.54) is 0 Å². The molecule has 0 saturated heterocycles. The van der Waals surface area contributed by atoms with Crippen LogP contribution in [0.25, 0.3) is 0 Å². The lowest BCUT2D eigenvalue weighted by atomic mass is 10.0. The summed E-state index contributed by atoms with van der Waals surface area (Å²) in [6.07, 6.45) is 1.55. The van der Waals surface area contributed by atoms with Gasteiger partial charge in [-0.2, -0.15) is 5.10 Å². The Kier molecular flexibility index (Phi) is 4.16. The van der Waals surface area contributed by atoms with Crippen molar-refractivity contribution in [2.24, 2.45) is 12.8 Å². The highest BCUT2D eigenvalue weighted by Crippen LogP contribution is 2.32. The molecule has 2 unspecified atom stereocenters. The van der Waals surface area contributed by atoms with Gasteiger partial charge in [0, 0.05) is 14.2 Å². The number of rotatable bonds is 4. The van der Waals surface area contributed by atoms with Crippen LogP contribution in [-0.4, -0.2) is 16.9 Å². The summed E-state index contributed by atoms with van der Waals surface area (Å²) in [4.78, 5) is 0. The zero-order valence-corrected chi connectivity index (χ0v) is 12.0. The predicted molar refractivity (Wildman–Crippen MR) is 74.0 cm³/mol. The molecule has 0 aliphatic heterocycles. The highest BCUT2D eigenvalue weighted by atomic mass is 79.9. The maximum Gasteiger partial charge on any atom is 0.103 e. The van der Waals surface area contributed by atoms with E-state index in [1.807, 2.05) is 37.4 Å². The molecule has 2 N–H and O–H groups in total. The second-order valence-corrected chi connectivity index (χ2v) is 4.95. The molecular formula is C13H16BrN3O. The average Bonchev–Trinajstić information content (AvgIpc) is 2.71. The molecule has 0 amide bonds. The van der Waals surface area contributed by atoms with Gasteiger partial charge >= 0.3 is 0 Å². The molecule has 4 nitrogen and oxygen atoms in total. The number of aryl methyl sites for hydroxylation is 1. The van der Waals surface area contributed by atoms with Crippen LogP contribution >= 0.6 is 15.9 Å². The Morgan fingerprint density at radius 1 is 1.33 bits per heavy atom. The molecule has 2 aromatic rings. The van der Waals surface area contributed by atoms with E-state index in [1.54, 1.807) is 18.0 Å². The normalized spacial score (nSPS) is 14.4. The molecular weight excluding hydrogens is 294 g/mol. The quantitative estimate of drug-likeness (QED) is 0.944. The Morgan fingerprint density at radius 2 is 2.00 bits per heavy atom. The van der Waals surface area contributed by atoms with Crippen LogP contribution in [0.3, 0.4) is 0 Å². The number of benzene rings is 1. The van der Waals surface area contributed by atoms with Crippen LogP contribution in [0.2, 0.25) is 0 Å². The summed E-state index contributed by atoms with van der Waals surface area (Å²) >= 11 is 3.47. The predicted octanol–water partition coefficient (Wildman–Crippen LogP) is 2.57. The fourth-order valence-corrected chi connectivity index (χ4v) is 2.68. The lowest BCUT2D eigenvalue weighted by Crippen LogP contribution is -2.24. The number of halogens is 1. The van der Waals surface area contributed by atoms with E-state index in [0.29, 0.717) is 0 Å². The number of nitrogens with zero attached hydrogens (tertiary/aromatic N) is 2. The van der Waals surface area contributed by atoms with Crippen molar-refractivity contribution in [1.82, 2.24) is 9.78 Å². The molecule has 0 saturated carbocycles. The van der Waals surface area contributed by atoms with Crippen LogP contribution in [0.4, 0.5) is 0 Å². The monoisotopic (exact) mass is 309 g/mol. The summed E-state index contributed by atoms with van der Waals surface area (Å²) < 4.78 is 8.21. The summed E-state index contributed by atoms with van der Waals surface area (Å²) in [5.74, 6) is 0. The number of aromatic nitrogens is 2. The molecule has 2 rings (SSSR count). The van der Waals surface area contributed by atoms with Crippen molar-refractivity contribution < 1.29 is 4.74 Å². The minimum Gasteiger partial charge on any atom is -0.375 e. The number of ether oxygens (including phenoxy) is 1. The van der Waals surface area contributed by atoms with Gasteiger partial charge in [0.1, 0.15) is 6.10 Å². The van der Waals surface area contributed by atoms with Crippen LogP contribution in [0, 0.1) is 0 Å². The van der Waals surface area contributed by atoms with Crippen LogP contribution in [-0.2, 0) is 11.8 Å². The first-order valence-electron chi connectivity index (χ1n) is 5.66. The maximum atomic E-state index is 6.31. The number of hydrogen-bond acceptors (Lipinski definition) is 3. The molecule has 0 aliphatic rings. The van der Waals surface area contributed by atoms with E-state index >= 15 is 0 Å². The molecule has 1 aromatic carbocycles. The van der Waals surface area contributed by atoms with E-state index < -0.39 is 0 Å². The van der Waals surface area contributed by atoms with Gasteiger partial charge in [-0.1, -0.05) is 30.3 Å². The van der Waals surface area contributed by atoms with Gasteiger partial charge in [0.25, 0.3) is 0 Å². The van der Waals surface area contributed by atoms with Crippen molar-refractivity contribution in [3.63, 3.8) is 0 Å². The van der Waals surface area contributed by atoms with Gasteiger partial charge in [0.2, 0.25) is 0 Å². The van der Waals surface area contributed by atoms with Crippen molar-refractivity contribution >= 4 is 15.9 Å². The summed E-state index contributed by atoms with van der Waals surface area (Å²) in [6.45, 7) is 0. The Hall–Kier alpha value is -1.17. The van der Waals surface area contributed by atoms with Gasteiger partial charge in [-0.05, 0) is 21.5 Å². The fraction of sp³-hybridized carbons (Fsp3) is 0.308. The SMILES string of the molecule is COC(c1ccccc1)C(N)c1c(Br)cnn1C. The van der Waals surface area contributed by atoms with Gasteiger partial charge in [-0.3, -0.25) is 4.68 Å². The third kappa shape index (κ3) is 2.48. The first kappa shape index (κ1) is 13.3. The number of methoxy groups -OCH3 is 1. The first-order valence-corrected chi connectivity index (χ1v) is 6.45. The molecule has 0 radical (unpaired) electrons. The molecule has 2 atom stereocenters. The minimum atomic E-state index is -0.278. The zero-order valence-electron chi connectivity index (χ0n) is 10.4. The van der Waals surface area contributed by atoms with Crippen molar-refractivity contribution in [3.05, 3.63) is 52.3 Å². The first-order chi connectivity index (χ1) is 8.65. The summed E-state index contributed by atoms with van der Waals surface area (Å²) in [5, 5.41) is 4.18. The highest BCUT2D eigenvalue weighted by molar-refractivity contribution is 9.10. The van der Waals surface area contributed by atoms with E-state index in [4.69, 9.17) is 10.5 Å². The Labute approximate surface area is 115 Å². The van der Waals surface area contributed by atoms with Crippen LogP contribution in [0.5, 0.6) is 0 Å². The zero-order chi connectivity index (χ0) is 13.1. The molecule has 18 heavy (non-hydrogen) atoms. The van der Waals surface area contributed by atoms with E-state index in [2.05, 4.69) is 21.0 Å². The molecule has 0 fully saturated rings. The molecule has 5 heteroatoms. The van der Waals surface area contributed by atoms with E-state index in [-0.39, 0.29) is 12.1 Å². The molecule has 0 bridgehead atoms. The smallest absolute Gasteiger partial charge is 0.103 e. The summed E-state index contributed by atoms with van der Waals surface area (Å²) in [7, 11) is 3.54. The van der Waals surface area contributed by atoms with E-state index in [0.717, 1.165) is 15.7 Å². The Morgan fingerprint density at radius 3 is 2.50 bits per heavy atom. The lowest BCUT2D eigenvalue weighted by Gasteiger charge is -2.23. The largest absolute Gasteiger partial charge is 0.375 e. The topological polar surface area (TPSA) is 53.1 Å². The second kappa shape index (κ2) is 5.65. The molecule has 96 valence electrons. The average molecular weight is 310 g/mol. The van der Waals surface area contributed by atoms with Crippen LogP contribution in [0.15, 0.2) is 41.0 Å². The molecule has 0 spiro atoms. The lowest BCUT2D eigenvalue weighted by molar-refractivity contribution is 0.0776. The highest BCUT2D eigenvalue weighted by Gasteiger charge is 2.25. The third-order valence-electron chi connectivity index (χ3n) is 2.96. The third-order valence-corrected chi connectivity index (χ3v) is 3.57. The maximum absolute atomic E-state index is 6.31. The van der Waals surface area contributed by atoms with Crippen LogP contribution < -0.4 is 5.73 Å². The van der Waals surface area contributed by atoms with Crippen molar-refractivity contribution in [3.8, 4) is 0 Å². The van der Waals surface area contributed by atoms with Crippen molar-refractivity contribution in [1.29, 1.82) is 0 Å². The minimum absolute atomic E-state index is 0.196. The van der Waals surface area contributed by atoms with E-state index in [9.17, 15) is 0 Å². The van der Waals surface area contributed by atoms with Crippen LogP contribution in [0.1, 0.15) is 23.4 Å². The summed E-state index contributed by atoms with van der Waals surface area (Å²) in [5.41, 5.74) is 8.29. The molecule has 1 heterocycles. The molecule has 1 aromatic heterocycles. The summed E-state index contributed by atoms with van der Waals surface area (Å²) in [6, 6.07) is 9.68. The van der Waals surface area contributed by atoms with Gasteiger partial charge < -0.3 is 10.5 Å². The number of nitrogens with two attached hydrogens (primary N) is 1. The van der Waals surface area contributed by atoms with Crippen molar-refractivity contribution in [2.75, 3.05) is 7.11 Å². The fourth-order valence-electron chi connectivity index (χ4n) is 2.07. The molecule has 0 aliphatic carbocycles. The van der Waals surface area contributed by atoms with Gasteiger partial charge in [-0.25, -0.2) is 0 Å². The van der Waals surface area contributed by atoms with Gasteiger partial charge in [0.05, 0.1) is 22.4 Å². The Balaban J connectivity index is 2.34. The van der Waals surface area contributed by atoms with Gasteiger partial charge in [-0.15, -0.1) is 0 Å². The number of hydrogen-bond donors (Lipinski definition) is 1.